The molecule has 0 aromatic carbocycles. The van der Waals surface area contributed by atoms with E-state index in [0.717, 1.165) is 32.0 Å². The molecule has 0 saturated carbocycles. The molecule has 0 amide bonds. The third-order valence-electron chi connectivity index (χ3n) is 1.78. The van der Waals surface area contributed by atoms with Gasteiger partial charge in [-0.3, -0.25) is 4.99 Å². The zero-order chi connectivity index (χ0) is 7.40. The molecular weight excluding hydrogens is 126 g/mol. The van der Waals surface area contributed by atoms with Crippen LogP contribution in [0.15, 0.2) is 4.99 Å². The van der Waals surface area contributed by atoms with Crippen LogP contribution < -0.4 is 5.73 Å². The molecule has 58 valence electrons. The predicted octanol–water partition coefficient (Wildman–Crippen LogP) is 0.0692. The lowest BCUT2D eigenvalue weighted by molar-refractivity contribution is 0.400. The average Bonchev–Trinajstić information content (AvgIpc) is 1.94. The minimum absolute atomic E-state index is 0.729. The van der Waals surface area contributed by atoms with Crippen LogP contribution >= 0.6 is 0 Å². The molecule has 0 saturated heterocycles. The number of rotatable bonds is 2. The molecule has 0 spiro atoms. The Morgan fingerprint density at radius 3 is 3.10 bits per heavy atom. The Bertz CT molecular complexity index is 131. The molecule has 1 heterocycles. The normalized spacial score (nSPS) is 19.0. The van der Waals surface area contributed by atoms with E-state index in [4.69, 9.17) is 5.73 Å². The molecule has 0 bridgehead atoms. The van der Waals surface area contributed by atoms with Crippen molar-refractivity contribution in [1.82, 2.24) is 4.90 Å². The van der Waals surface area contributed by atoms with E-state index in [1.807, 2.05) is 0 Å². The lowest BCUT2D eigenvalue weighted by atomic mass is 10.3. The van der Waals surface area contributed by atoms with Crippen molar-refractivity contribution in [2.75, 3.05) is 26.2 Å². The average molecular weight is 141 g/mol. The van der Waals surface area contributed by atoms with Crippen LogP contribution in [0.25, 0.3) is 0 Å². The summed E-state index contributed by atoms with van der Waals surface area (Å²) < 4.78 is 0. The number of amidine groups is 1. The van der Waals surface area contributed by atoms with E-state index in [9.17, 15) is 0 Å². The molecule has 0 atom stereocenters. The first-order valence-electron chi connectivity index (χ1n) is 3.80. The van der Waals surface area contributed by atoms with Crippen molar-refractivity contribution in [2.24, 2.45) is 10.7 Å². The van der Waals surface area contributed by atoms with Crippen molar-refractivity contribution < 1.29 is 0 Å². The van der Waals surface area contributed by atoms with E-state index in [2.05, 4.69) is 16.8 Å². The molecule has 1 aliphatic rings. The van der Waals surface area contributed by atoms with E-state index in [1.165, 1.54) is 6.42 Å². The largest absolute Gasteiger partial charge is 0.359 e. The Kier molecular flexibility index (Phi) is 2.68. The van der Waals surface area contributed by atoms with Crippen molar-refractivity contribution in [1.29, 1.82) is 0 Å². The second-order valence-electron chi connectivity index (χ2n) is 2.56. The minimum Gasteiger partial charge on any atom is -0.359 e. The van der Waals surface area contributed by atoms with Crippen molar-refractivity contribution >= 4 is 5.84 Å². The number of hydrogen-bond donors (Lipinski definition) is 1. The molecule has 0 fully saturated rings. The van der Waals surface area contributed by atoms with Crippen LogP contribution in [-0.2, 0) is 0 Å². The highest BCUT2D eigenvalue weighted by molar-refractivity contribution is 5.80. The number of aliphatic imine (C=N–C) groups is 1. The zero-order valence-electron chi connectivity index (χ0n) is 6.51. The van der Waals surface area contributed by atoms with Gasteiger partial charge in [-0.15, -0.1) is 0 Å². The standard InChI is InChI=1S/C7H15N3/c1-7-9-4-2-5-10(7)6-3-8/h2-6,8H2,1H3. The van der Waals surface area contributed by atoms with E-state index in [0.29, 0.717) is 0 Å². The Morgan fingerprint density at radius 2 is 2.50 bits per heavy atom. The van der Waals surface area contributed by atoms with Gasteiger partial charge in [0.2, 0.25) is 0 Å². The van der Waals surface area contributed by atoms with Gasteiger partial charge in [-0.05, 0) is 13.3 Å². The summed E-state index contributed by atoms with van der Waals surface area (Å²) in [6.07, 6.45) is 1.18. The van der Waals surface area contributed by atoms with E-state index < -0.39 is 0 Å². The number of nitrogens with two attached hydrogens (primary N) is 1. The summed E-state index contributed by atoms with van der Waals surface area (Å²) >= 11 is 0. The van der Waals surface area contributed by atoms with Gasteiger partial charge in [0.15, 0.2) is 0 Å². The first-order valence-corrected chi connectivity index (χ1v) is 3.80. The molecule has 0 aromatic rings. The summed E-state index contributed by atoms with van der Waals surface area (Å²) in [5.41, 5.74) is 5.42. The van der Waals surface area contributed by atoms with Crippen molar-refractivity contribution in [2.45, 2.75) is 13.3 Å². The van der Waals surface area contributed by atoms with Crippen LogP contribution in [0.5, 0.6) is 0 Å². The first-order chi connectivity index (χ1) is 4.84. The highest BCUT2D eigenvalue weighted by Crippen LogP contribution is 2.00. The van der Waals surface area contributed by atoms with Gasteiger partial charge in [0.25, 0.3) is 0 Å². The van der Waals surface area contributed by atoms with Crippen molar-refractivity contribution in [3.8, 4) is 0 Å². The summed E-state index contributed by atoms with van der Waals surface area (Å²) in [7, 11) is 0. The van der Waals surface area contributed by atoms with Crippen LogP contribution in [0.1, 0.15) is 13.3 Å². The lowest BCUT2D eigenvalue weighted by Gasteiger charge is -2.26. The van der Waals surface area contributed by atoms with Gasteiger partial charge in [-0.1, -0.05) is 0 Å². The monoisotopic (exact) mass is 141 g/mol. The molecule has 0 aliphatic carbocycles. The maximum atomic E-state index is 5.42. The quantitative estimate of drug-likeness (QED) is 0.591. The highest BCUT2D eigenvalue weighted by atomic mass is 15.2. The summed E-state index contributed by atoms with van der Waals surface area (Å²) in [6, 6.07) is 0. The summed E-state index contributed by atoms with van der Waals surface area (Å²) in [5.74, 6) is 1.15. The third kappa shape index (κ3) is 1.70. The Hall–Kier alpha value is -0.570. The number of hydrogen-bond acceptors (Lipinski definition) is 3. The second-order valence-corrected chi connectivity index (χ2v) is 2.56. The van der Waals surface area contributed by atoms with E-state index >= 15 is 0 Å². The van der Waals surface area contributed by atoms with E-state index in [1.54, 1.807) is 0 Å². The van der Waals surface area contributed by atoms with Crippen molar-refractivity contribution in [3.63, 3.8) is 0 Å². The lowest BCUT2D eigenvalue weighted by Crippen LogP contribution is -2.37. The van der Waals surface area contributed by atoms with Gasteiger partial charge < -0.3 is 10.6 Å². The smallest absolute Gasteiger partial charge is 0.0957 e. The summed E-state index contributed by atoms with van der Waals surface area (Å²) in [4.78, 5) is 6.56. The van der Waals surface area contributed by atoms with Crippen LogP contribution in [0, 0.1) is 0 Å². The topological polar surface area (TPSA) is 41.6 Å². The first kappa shape index (κ1) is 7.54. The number of nitrogens with zero attached hydrogens (tertiary/aromatic N) is 2. The maximum absolute atomic E-state index is 5.42. The van der Waals surface area contributed by atoms with Gasteiger partial charge in [0.05, 0.1) is 5.84 Å². The highest BCUT2D eigenvalue weighted by Gasteiger charge is 2.08. The summed E-state index contributed by atoms with van der Waals surface area (Å²) in [6.45, 7) is 5.86. The van der Waals surface area contributed by atoms with Crippen molar-refractivity contribution in [3.05, 3.63) is 0 Å². The van der Waals surface area contributed by atoms with E-state index in [-0.39, 0.29) is 0 Å². The minimum atomic E-state index is 0.729. The second kappa shape index (κ2) is 3.56. The third-order valence-corrected chi connectivity index (χ3v) is 1.78. The molecule has 0 aromatic heterocycles. The fourth-order valence-electron chi connectivity index (χ4n) is 1.19. The van der Waals surface area contributed by atoms with Gasteiger partial charge in [0.1, 0.15) is 0 Å². The Morgan fingerprint density at radius 1 is 1.70 bits per heavy atom. The van der Waals surface area contributed by atoms with Crippen LogP contribution in [0.4, 0.5) is 0 Å². The predicted molar refractivity (Wildman–Crippen MR) is 43.2 cm³/mol. The molecule has 1 aliphatic heterocycles. The van der Waals surface area contributed by atoms with Crippen LogP contribution in [-0.4, -0.2) is 36.9 Å². The molecule has 0 unspecified atom stereocenters. The Labute approximate surface area is 61.9 Å². The fourth-order valence-corrected chi connectivity index (χ4v) is 1.19. The molecule has 1 rings (SSSR count). The van der Waals surface area contributed by atoms with Gasteiger partial charge in [-0.25, -0.2) is 0 Å². The SMILES string of the molecule is CC1=NCCCN1CCN. The maximum Gasteiger partial charge on any atom is 0.0957 e. The molecule has 3 nitrogen and oxygen atoms in total. The zero-order valence-corrected chi connectivity index (χ0v) is 6.51. The van der Waals surface area contributed by atoms with Crippen LogP contribution in [0.3, 0.4) is 0 Å². The van der Waals surface area contributed by atoms with Crippen LogP contribution in [0.2, 0.25) is 0 Å². The molecule has 10 heavy (non-hydrogen) atoms. The van der Waals surface area contributed by atoms with Gasteiger partial charge in [-0.2, -0.15) is 0 Å². The molecule has 0 radical (unpaired) electrons. The molecule has 2 N–H and O–H groups in total. The van der Waals surface area contributed by atoms with Gasteiger partial charge in [0, 0.05) is 26.2 Å². The van der Waals surface area contributed by atoms with Gasteiger partial charge >= 0.3 is 0 Å². The fraction of sp³-hybridized carbons (Fsp3) is 0.857. The Balaban J connectivity index is 2.41. The molecule has 3 heteroatoms. The molecular formula is C7H15N3. The summed E-state index contributed by atoms with van der Waals surface area (Å²) in [5, 5.41) is 0.